The summed E-state index contributed by atoms with van der Waals surface area (Å²) in [6.07, 6.45) is 0. The van der Waals surface area contributed by atoms with E-state index in [4.69, 9.17) is 10.8 Å². The maximum atomic E-state index is 10.6. The van der Waals surface area contributed by atoms with Crippen LogP contribution in [0.5, 0.6) is 0 Å². The van der Waals surface area contributed by atoms with Crippen LogP contribution in [0.2, 0.25) is 0 Å². The molecule has 3 N–H and O–H groups in total. The maximum Gasteiger partial charge on any atom is 0.320 e. The molecule has 0 aliphatic carbocycles. The third-order valence-corrected chi connectivity index (χ3v) is 2.61. The minimum atomic E-state index is -0.993. The van der Waals surface area contributed by atoms with Gasteiger partial charge in [-0.3, -0.25) is 9.59 Å². The molecule has 0 fully saturated rings. The summed E-state index contributed by atoms with van der Waals surface area (Å²) in [5, 5.41) is 7.93. The van der Waals surface area contributed by atoms with Crippen LogP contribution in [0.15, 0.2) is 0 Å². The zero-order valence-corrected chi connectivity index (χ0v) is 8.12. The molecule has 0 bridgehead atoms. The van der Waals surface area contributed by atoms with Crippen molar-refractivity contribution in [3.63, 3.8) is 0 Å². The molecule has 6 heteroatoms. The molecule has 0 aromatic carbocycles. The number of nitrogens with two attached hydrogens (primary N) is 1. The Morgan fingerprint density at radius 2 is 2.38 bits per heavy atom. The fourth-order valence-corrected chi connectivity index (χ4v) is 1.44. The zero-order valence-electron chi connectivity index (χ0n) is 7.30. The van der Waals surface area contributed by atoms with Crippen LogP contribution in [0.1, 0.15) is 6.92 Å². The van der Waals surface area contributed by atoms with E-state index in [1.165, 1.54) is 11.8 Å². The van der Waals surface area contributed by atoms with Gasteiger partial charge in [-0.1, -0.05) is 0 Å². The van der Waals surface area contributed by atoms with Gasteiger partial charge in [-0.05, 0) is 6.92 Å². The summed E-state index contributed by atoms with van der Waals surface area (Å²) in [7, 11) is 0. The number of carboxylic acids is 1. The summed E-state index contributed by atoms with van der Waals surface area (Å²) >= 11 is 1.17. The molecule has 0 aromatic rings. The van der Waals surface area contributed by atoms with Crippen LogP contribution in [-0.4, -0.2) is 41.2 Å². The van der Waals surface area contributed by atoms with Crippen molar-refractivity contribution in [1.82, 2.24) is 0 Å². The van der Waals surface area contributed by atoms with Crippen LogP contribution in [-0.2, 0) is 14.3 Å². The minimum Gasteiger partial charge on any atom is -0.480 e. The highest BCUT2D eigenvalue weighted by atomic mass is 32.2. The summed E-state index contributed by atoms with van der Waals surface area (Å²) in [6, 6.07) is -0.0666. The molecule has 0 aromatic heterocycles. The molecular weight excluding hydrogens is 194 g/mol. The van der Waals surface area contributed by atoms with Gasteiger partial charge in [-0.2, -0.15) is 0 Å². The molecule has 0 aliphatic heterocycles. The van der Waals surface area contributed by atoms with E-state index in [-0.39, 0.29) is 19.1 Å². The number of aliphatic carboxylic acids is 1. The Hall–Kier alpha value is -0.750. The van der Waals surface area contributed by atoms with Gasteiger partial charge in [0.05, 0.1) is 0 Å². The predicted molar refractivity (Wildman–Crippen MR) is 49.5 cm³/mol. The van der Waals surface area contributed by atoms with Crippen molar-refractivity contribution in [3.05, 3.63) is 0 Å². The lowest BCUT2D eigenvalue weighted by Crippen LogP contribution is -2.26. The quantitative estimate of drug-likeness (QED) is 0.557. The normalized spacial score (nSPS) is 14.6. The summed E-state index contributed by atoms with van der Waals surface area (Å²) in [4.78, 5) is 20.4. The van der Waals surface area contributed by atoms with Crippen molar-refractivity contribution in [3.8, 4) is 0 Å². The molecule has 0 rings (SSSR count). The topological polar surface area (TPSA) is 89.6 Å². The number of carboxylic acid groups (broad SMARTS) is 1. The Balaban J connectivity index is 3.80. The number of carbonyl (C=O) groups is 2. The van der Waals surface area contributed by atoms with E-state index in [1.54, 1.807) is 6.92 Å². The average molecular weight is 207 g/mol. The van der Waals surface area contributed by atoms with Crippen molar-refractivity contribution in [2.45, 2.75) is 18.2 Å². The van der Waals surface area contributed by atoms with Crippen LogP contribution in [0, 0.1) is 0 Å². The van der Waals surface area contributed by atoms with Gasteiger partial charge in [0.25, 0.3) is 6.47 Å². The van der Waals surface area contributed by atoms with E-state index in [9.17, 15) is 9.59 Å². The molecule has 2 atom stereocenters. The predicted octanol–water partition coefficient (Wildman–Crippen LogP) is -0.307. The van der Waals surface area contributed by atoms with Crippen LogP contribution >= 0.6 is 11.8 Å². The third-order valence-electron chi connectivity index (χ3n) is 1.15. The monoisotopic (exact) mass is 207 g/mol. The summed E-state index contributed by atoms with van der Waals surface area (Å²) in [5.74, 6) is -0.466. The third kappa shape index (κ3) is 6.41. The Bertz CT molecular complexity index is 174. The number of carbonyl (C=O) groups excluding carboxylic acids is 1. The first-order chi connectivity index (χ1) is 6.07. The van der Waals surface area contributed by atoms with Crippen LogP contribution in [0.4, 0.5) is 0 Å². The molecule has 0 aliphatic rings. The summed E-state index contributed by atoms with van der Waals surface area (Å²) < 4.78 is 4.37. The second-order valence-corrected chi connectivity index (χ2v) is 3.80. The summed E-state index contributed by atoms with van der Waals surface area (Å²) in [5.41, 5.74) is 5.45. The highest BCUT2D eigenvalue weighted by Gasteiger charge is 2.18. The van der Waals surface area contributed by atoms with Crippen molar-refractivity contribution < 1.29 is 19.4 Å². The lowest BCUT2D eigenvalue weighted by molar-refractivity contribution is -0.138. The highest BCUT2D eigenvalue weighted by molar-refractivity contribution is 8.00. The van der Waals surface area contributed by atoms with E-state index in [2.05, 4.69) is 4.74 Å². The fraction of sp³-hybridized carbons (Fsp3) is 0.714. The molecule has 1 unspecified atom stereocenters. The molecule has 0 heterocycles. The van der Waals surface area contributed by atoms with Gasteiger partial charge in [-0.15, -0.1) is 11.8 Å². The minimum absolute atomic E-state index is 0.0666. The van der Waals surface area contributed by atoms with Gasteiger partial charge in [0.1, 0.15) is 11.9 Å². The van der Waals surface area contributed by atoms with Crippen LogP contribution < -0.4 is 5.73 Å². The fourth-order valence-electron chi connectivity index (χ4n) is 0.585. The molecule has 0 amide bonds. The lowest BCUT2D eigenvalue weighted by Gasteiger charge is -2.11. The van der Waals surface area contributed by atoms with Gasteiger partial charge in [-0.25, -0.2) is 0 Å². The lowest BCUT2D eigenvalue weighted by atomic mass is 10.4. The van der Waals surface area contributed by atoms with Gasteiger partial charge < -0.3 is 15.6 Å². The average Bonchev–Trinajstić information content (AvgIpc) is 2.03. The van der Waals surface area contributed by atoms with Crippen molar-refractivity contribution in [1.29, 1.82) is 0 Å². The van der Waals surface area contributed by atoms with E-state index in [0.717, 1.165) is 0 Å². The number of hydrogen-bond acceptors (Lipinski definition) is 5. The molecular formula is C7H13NO4S. The number of hydrogen-bond donors (Lipinski definition) is 2. The molecule has 5 nitrogen and oxygen atoms in total. The largest absolute Gasteiger partial charge is 0.480 e. The second-order valence-electron chi connectivity index (χ2n) is 2.57. The molecule has 0 saturated heterocycles. The second kappa shape index (κ2) is 6.73. The van der Waals surface area contributed by atoms with E-state index in [0.29, 0.717) is 5.75 Å². The van der Waals surface area contributed by atoms with Crippen molar-refractivity contribution >= 4 is 24.2 Å². The van der Waals surface area contributed by atoms with E-state index < -0.39 is 11.2 Å². The van der Waals surface area contributed by atoms with Crippen LogP contribution in [0.3, 0.4) is 0 Å². The van der Waals surface area contributed by atoms with Crippen molar-refractivity contribution in [2.24, 2.45) is 5.73 Å². The first-order valence-corrected chi connectivity index (χ1v) is 4.78. The van der Waals surface area contributed by atoms with Gasteiger partial charge in [0.2, 0.25) is 0 Å². The zero-order chi connectivity index (χ0) is 10.3. The number of ether oxygens (including phenoxy) is 1. The molecule has 76 valence electrons. The van der Waals surface area contributed by atoms with Crippen molar-refractivity contribution in [2.75, 3.05) is 12.4 Å². The Morgan fingerprint density at radius 3 is 2.77 bits per heavy atom. The van der Waals surface area contributed by atoms with E-state index in [1.807, 2.05) is 0 Å². The molecule has 0 spiro atoms. The Labute approximate surface area is 80.6 Å². The molecule has 0 saturated carbocycles. The van der Waals surface area contributed by atoms with Crippen LogP contribution in [0.25, 0.3) is 0 Å². The first kappa shape index (κ1) is 12.2. The highest BCUT2D eigenvalue weighted by Crippen LogP contribution is 2.12. The Kier molecular flexibility index (Phi) is 6.34. The number of thioether (sulfide) groups is 1. The van der Waals surface area contributed by atoms with E-state index >= 15 is 0 Å². The smallest absolute Gasteiger partial charge is 0.320 e. The first-order valence-electron chi connectivity index (χ1n) is 3.73. The summed E-state index contributed by atoms with van der Waals surface area (Å²) in [6.45, 7) is 1.91. The van der Waals surface area contributed by atoms with Gasteiger partial charge >= 0.3 is 5.97 Å². The van der Waals surface area contributed by atoms with Gasteiger partial charge in [0, 0.05) is 11.8 Å². The SMILES string of the molecule is C[C@@H](N)CSC(COC=O)C(=O)O. The molecule has 13 heavy (non-hydrogen) atoms. The Morgan fingerprint density at radius 1 is 1.77 bits per heavy atom. The maximum absolute atomic E-state index is 10.6. The van der Waals surface area contributed by atoms with Gasteiger partial charge in [0.15, 0.2) is 0 Å². The number of rotatable bonds is 7. The standard InChI is InChI=1S/C7H13NO4S/c1-5(8)3-13-6(7(10)11)2-12-4-9/h4-6H,2-3,8H2,1H3,(H,10,11)/t5-,6?/m1/s1. The molecule has 0 radical (unpaired) electrons.